The quantitative estimate of drug-likeness (QED) is 0.495. The Morgan fingerprint density at radius 1 is 1.18 bits per heavy atom. The number of ketones is 1. The molecule has 2 aromatic rings. The molecular weight excluding hydrogens is 290 g/mol. The summed E-state index contributed by atoms with van der Waals surface area (Å²) in [5.74, 6) is -0.866. The van der Waals surface area contributed by atoms with Gasteiger partial charge in [-0.15, -0.1) is 0 Å². The molecule has 0 radical (unpaired) electrons. The molecule has 6 heteroatoms. The Bertz CT molecular complexity index is 573. The van der Waals surface area contributed by atoms with Gasteiger partial charge in [-0.3, -0.25) is 14.9 Å². The molecule has 1 aromatic carbocycles. The molecule has 17 heavy (non-hydrogen) atoms. The lowest BCUT2D eigenvalue weighted by Gasteiger charge is -1.96. The molecule has 86 valence electrons. The van der Waals surface area contributed by atoms with Crippen molar-refractivity contribution in [3.8, 4) is 0 Å². The maximum absolute atomic E-state index is 11.9. The second-order valence-electron chi connectivity index (χ2n) is 3.23. The summed E-state index contributed by atoms with van der Waals surface area (Å²) in [6, 6.07) is 9.10. The minimum absolute atomic E-state index is 0.0426. The SMILES string of the molecule is O=C(c1ccc(Br)cc1)c1ccc([N+](=O)[O-])o1. The topological polar surface area (TPSA) is 73.3 Å². The van der Waals surface area contributed by atoms with Crippen LogP contribution in [0.2, 0.25) is 0 Å². The third-order valence-electron chi connectivity index (χ3n) is 2.10. The number of carbonyl (C=O) groups is 1. The van der Waals surface area contributed by atoms with Gasteiger partial charge in [-0.1, -0.05) is 15.9 Å². The highest BCUT2D eigenvalue weighted by Gasteiger charge is 2.18. The number of hydrogen-bond acceptors (Lipinski definition) is 4. The van der Waals surface area contributed by atoms with Crippen LogP contribution >= 0.6 is 15.9 Å². The van der Waals surface area contributed by atoms with E-state index in [0.717, 1.165) is 10.5 Å². The van der Waals surface area contributed by atoms with E-state index in [9.17, 15) is 14.9 Å². The fraction of sp³-hybridized carbons (Fsp3) is 0. The number of hydrogen-bond donors (Lipinski definition) is 0. The summed E-state index contributed by atoms with van der Waals surface area (Å²) in [5, 5.41) is 10.4. The zero-order valence-electron chi connectivity index (χ0n) is 8.42. The van der Waals surface area contributed by atoms with Gasteiger partial charge in [0.25, 0.3) is 0 Å². The Morgan fingerprint density at radius 2 is 1.82 bits per heavy atom. The Morgan fingerprint density at radius 3 is 2.35 bits per heavy atom. The van der Waals surface area contributed by atoms with Gasteiger partial charge >= 0.3 is 5.88 Å². The summed E-state index contributed by atoms with van der Waals surface area (Å²) in [4.78, 5) is 21.6. The molecule has 5 nitrogen and oxygen atoms in total. The van der Waals surface area contributed by atoms with Crippen LogP contribution in [-0.2, 0) is 0 Å². The molecule has 0 saturated carbocycles. The van der Waals surface area contributed by atoms with Crippen molar-refractivity contribution >= 4 is 27.6 Å². The molecule has 2 rings (SSSR count). The van der Waals surface area contributed by atoms with Gasteiger partial charge in [0.2, 0.25) is 5.78 Å². The molecule has 0 spiro atoms. The number of halogens is 1. The van der Waals surface area contributed by atoms with Crippen molar-refractivity contribution in [2.75, 3.05) is 0 Å². The van der Waals surface area contributed by atoms with E-state index in [1.165, 1.54) is 6.07 Å². The standard InChI is InChI=1S/C11H6BrNO4/c12-8-3-1-7(2-4-8)11(14)9-5-6-10(17-9)13(15)16/h1-6H. The first-order chi connectivity index (χ1) is 8.08. The van der Waals surface area contributed by atoms with Crippen molar-refractivity contribution < 1.29 is 14.1 Å². The van der Waals surface area contributed by atoms with Crippen molar-refractivity contribution in [3.05, 3.63) is 62.3 Å². The van der Waals surface area contributed by atoms with Crippen LogP contribution < -0.4 is 0 Å². The van der Waals surface area contributed by atoms with Crippen molar-refractivity contribution in [1.29, 1.82) is 0 Å². The third kappa shape index (κ3) is 2.42. The molecule has 0 amide bonds. The molecule has 0 aliphatic heterocycles. The van der Waals surface area contributed by atoms with Gasteiger partial charge in [-0.25, -0.2) is 0 Å². The minimum atomic E-state index is -0.682. The first-order valence-corrected chi connectivity index (χ1v) is 5.42. The highest BCUT2D eigenvalue weighted by molar-refractivity contribution is 9.10. The van der Waals surface area contributed by atoms with Crippen LogP contribution in [0.3, 0.4) is 0 Å². The van der Waals surface area contributed by atoms with E-state index in [0.29, 0.717) is 5.56 Å². The molecule has 1 aromatic heterocycles. The predicted molar refractivity (Wildman–Crippen MR) is 62.9 cm³/mol. The third-order valence-corrected chi connectivity index (χ3v) is 2.63. The maximum Gasteiger partial charge on any atom is 0.433 e. The van der Waals surface area contributed by atoms with E-state index in [1.807, 2.05) is 0 Å². The summed E-state index contributed by atoms with van der Waals surface area (Å²) < 4.78 is 5.68. The lowest BCUT2D eigenvalue weighted by atomic mass is 10.1. The molecular formula is C11H6BrNO4. The Hall–Kier alpha value is -1.95. The van der Waals surface area contributed by atoms with Crippen molar-refractivity contribution in [2.24, 2.45) is 0 Å². The summed E-state index contributed by atoms with van der Waals surface area (Å²) in [7, 11) is 0. The summed E-state index contributed by atoms with van der Waals surface area (Å²) in [6.45, 7) is 0. The normalized spacial score (nSPS) is 10.2. The Balaban J connectivity index is 2.30. The second-order valence-corrected chi connectivity index (χ2v) is 4.15. The van der Waals surface area contributed by atoms with Crippen LogP contribution in [-0.4, -0.2) is 10.7 Å². The minimum Gasteiger partial charge on any atom is -0.397 e. The van der Waals surface area contributed by atoms with Crippen LogP contribution in [0, 0.1) is 10.1 Å². The van der Waals surface area contributed by atoms with Gasteiger partial charge in [-0.2, -0.15) is 0 Å². The van der Waals surface area contributed by atoms with Crippen molar-refractivity contribution in [2.45, 2.75) is 0 Å². The zero-order valence-corrected chi connectivity index (χ0v) is 10.0. The number of nitrogens with zero attached hydrogens (tertiary/aromatic N) is 1. The van der Waals surface area contributed by atoms with Gasteiger partial charge in [-0.05, 0) is 30.3 Å². The smallest absolute Gasteiger partial charge is 0.397 e. The molecule has 0 aliphatic carbocycles. The molecule has 1 heterocycles. The molecule has 0 unspecified atom stereocenters. The number of rotatable bonds is 3. The number of benzene rings is 1. The van der Waals surface area contributed by atoms with E-state index in [4.69, 9.17) is 4.42 Å². The van der Waals surface area contributed by atoms with Gasteiger partial charge in [0.05, 0.1) is 6.07 Å². The van der Waals surface area contributed by atoms with Crippen LogP contribution in [0.1, 0.15) is 16.1 Å². The zero-order chi connectivity index (χ0) is 12.4. The summed E-state index contributed by atoms with van der Waals surface area (Å²) in [6.07, 6.45) is 0. The van der Waals surface area contributed by atoms with Crippen LogP contribution in [0.15, 0.2) is 45.3 Å². The monoisotopic (exact) mass is 295 g/mol. The molecule has 0 atom stereocenters. The highest BCUT2D eigenvalue weighted by Crippen LogP contribution is 2.19. The molecule has 0 fully saturated rings. The molecule has 0 N–H and O–H groups in total. The van der Waals surface area contributed by atoms with E-state index in [1.54, 1.807) is 24.3 Å². The van der Waals surface area contributed by atoms with E-state index in [2.05, 4.69) is 15.9 Å². The lowest BCUT2D eigenvalue weighted by Crippen LogP contribution is -1.98. The average molecular weight is 296 g/mol. The summed E-state index contributed by atoms with van der Waals surface area (Å²) >= 11 is 3.25. The van der Waals surface area contributed by atoms with E-state index < -0.39 is 10.8 Å². The second kappa shape index (κ2) is 4.50. The van der Waals surface area contributed by atoms with Crippen molar-refractivity contribution in [1.82, 2.24) is 0 Å². The van der Waals surface area contributed by atoms with E-state index in [-0.39, 0.29) is 11.5 Å². The first-order valence-electron chi connectivity index (χ1n) is 4.62. The summed E-state index contributed by atoms with van der Waals surface area (Å²) in [5.41, 5.74) is 0.414. The fourth-order valence-electron chi connectivity index (χ4n) is 1.29. The van der Waals surface area contributed by atoms with Gasteiger partial charge in [0, 0.05) is 10.0 Å². The Kier molecular flexibility index (Phi) is 3.06. The van der Waals surface area contributed by atoms with Gasteiger partial charge in [0.15, 0.2) is 5.76 Å². The maximum atomic E-state index is 11.9. The first kappa shape index (κ1) is 11.5. The van der Waals surface area contributed by atoms with Gasteiger partial charge in [0.1, 0.15) is 4.92 Å². The molecule has 0 saturated heterocycles. The van der Waals surface area contributed by atoms with Crippen LogP contribution in [0.4, 0.5) is 5.88 Å². The number of carbonyl (C=O) groups excluding carboxylic acids is 1. The van der Waals surface area contributed by atoms with Crippen LogP contribution in [0.5, 0.6) is 0 Å². The molecule has 0 bridgehead atoms. The predicted octanol–water partition coefficient (Wildman–Crippen LogP) is 3.18. The average Bonchev–Trinajstić information content (AvgIpc) is 2.78. The number of furan rings is 1. The number of nitro groups is 1. The Labute approximate surface area is 104 Å². The largest absolute Gasteiger partial charge is 0.433 e. The lowest BCUT2D eigenvalue weighted by molar-refractivity contribution is -0.402. The highest BCUT2D eigenvalue weighted by atomic mass is 79.9. The van der Waals surface area contributed by atoms with Crippen LogP contribution in [0.25, 0.3) is 0 Å². The molecule has 0 aliphatic rings. The van der Waals surface area contributed by atoms with Gasteiger partial charge < -0.3 is 4.42 Å². The van der Waals surface area contributed by atoms with Crippen molar-refractivity contribution in [3.63, 3.8) is 0 Å². The van der Waals surface area contributed by atoms with E-state index >= 15 is 0 Å². The fourth-order valence-corrected chi connectivity index (χ4v) is 1.56.